The lowest BCUT2D eigenvalue weighted by atomic mass is 10.2. The summed E-state index contributed by atoms with van der Waals surface area (Å²) in [5.41, 5.74) is 6.51. The maximum absolute atomic E-state index is 11.9. The largest absolute Gasteiger partial charge is 0.399 e. The first kappa shape index (κ1) is 13.2. The zero-order valence-corrected chi connectivity index (χ0v) is 10.9. The van der Waals surface area contributed by atoms with Gasteiger partial charge < -0.3 is 16.4 Å². The standard InChI is InChI=1S/C13H13ClN4O/c14-11-5-9(16)1-4-12(11)18-13(19)8(6-15)7-17-10-2-3-10/h1,4-5,7,10,17H,2-3,16H2,(H,18,19)/b8-7-. The van der Waals surface area contributed by atoms with Crippen LogP contribution in [-0.2, 0) is 4.79 Å². The average molecular weight is 277 g/mol. The number of amides is 1. The molecule has 0 atom stereocenters. The van der Waals surface area contributed by atoms with Gasteiger partial charge in [-0.1, -0.05) is 11.6 Å². The smallest absolute Gasteiger partial charge is 0.267 e. The molecule has 1 aromatic rings. The summed E-state index contributed by atoms with van der Waals surface area (Å²) in [5, 5.41) is 14.9. The van der Waals surface area contributed by atoms with Crippen LogP contribution in [-0.4, -0.2) is 11.9 Å². The van der Waals surface area contributed by atoms with E-state index in [1.54, 1.807) is 12.1 Å². The van der Waals surface area contributed by atoms with Gasteiger partial charge in [0.2, 0.25) is 0 Å². The molecule has 19 heavy (non-hydrogen) atoms. The second-order valence-electron chi connectivity index (χ2n) is 4.30. The van der Waals surface area contributed by atoms with Gasteiger partial charge in [0, 0.05) is 17.9 Å². The quantitative estimate of drug-likeness (QED) is 0.446. The maximum Gasteiger partial charge on any atom is 0.267 e. The molecule has 2 rings (SSSR count). The number of nitrogens with two attached hydrogens (primary N) is 1. The van der Waals surface area contributed by atoms with Crippen molar-refractivity contribution in [1.29, 1.82) is 5.26 Å². The molecule has 6 heteroatoms. The molecule has 1 fully saturated rings. The van der Waals surface area contributed by atoms with Gasteiger partial charge in [-0.25, -0.2) is 0 Å². The Morgan fingerprint density at radius 3 is 2.84 bits per heavy atom. The van der Waals surface area contributed by atoms with Crippen LogP contribution in [0, 0.1) is 11.3 Å². The van der Waals surface area contributed by atoms with Crippen LogP contribution in [0.15, 0.2) is 30.0 Å². The van der Waals surface area contributed by atoms with Gasteiger partial charge in [-0.15, -0.1) is 0 Å². The van der Waals surface area contributed by atoms with E-state index in [0.29, 0.717) is 22.4 Å². The van der Waals surface area contributed by atoms with Gasteiger partial charge in [0.15, 0.2) is 0 Å². The lowest BCUT2D eigenvalue weighted by molar-refractivity contribution is -0.112. The molecule has 98 valence electrons. The van der Waals surface area contributed by atoms with Crippen molar-refractivity contribution in [2.75, 3.05) is 11.1 Å². The van der Waals surface area contributed by atoms with Gasteiger partial charge in [-0.2, -0.15) is 5.26 Å². The Bertz CT molecular complexity index is 572. The highest BCUT2D eigenvalue weighted by Crippen LogP contribution is 2.24. The van der Waals surface area contributed by atoms with Crippen molar-refractivity contribution < 1.29 is 4.79 Å². The van der Waals surface area contributed by atoms with Crippen LogP contribution in [0.1, 0.15) is 12.8 Å². The van der Waals surface area contributed by atoms with Crippen molar-refractivity contribution in [2.45, 2.75) is 18.9 Å². The zero-order chi connectivity index (χ0) is 13.8. The van der Waals surface area contributed by atoms with Gasteiger partial charge >= 0.3 is 0 Å². The second kappa shape index (κ2) is 5.63. The number of anilines is 2. The van der Waals surface area contributed by atoms with Crippen molar-refractivity contribution in [2.24, 2.45) is 0 Å². The molecular weight excluding hydrogens is 264 g/mol. The number of halogens is 1. The Balaban J connectivity index is 2.06. The molecule has 0 spiro atoms. The number of benzene rings is 1. The van der Waals surface area contributed by atoms with E-state index in [9.17, 15) is 4.79 Å². The molecule has 1 aliphatic rings. The van der Waals surface area contributed by atoms with E-state index in [1.165, 1.54) is 12.3 Å². The molecule has 0 radical (unpaired) electrons. The fraction of sp³-hybridized carbons (Fsp3) is 0.231. The van der Waals surface area contributed by atoms with Gasteiger partial charge in [0.1, 0.15) is 11.6 Å². The van der Waals surface area contributed by atoms with Crippen LogP contribution in [0.5, 0.6) is 0 Å². The summed E-state index contributed by atoms with van der Waals surface area (Å²) in [6.45, 7) is 0. The lowest BCUT2D eigenvalue weighted by Gasteiger charge is -2.07. The van der Waals surface area contributed by atoms with Crippen LogP contribution in [0.25, 0.3) is 0 Å². The second-order valence-corrected chi connectivity index (χ2v) is 4.71. The molecule has 1 amide bonds. The number of nitrogens with zero attached hydrogens (tertiary/aromatic N) is 1. The first-order valence-electron chi connectivity index (χ1n) is 5.83. The molecule has 0 aliphatic heterocycles. The van der Waals surface area contributed by atoms with E-state index >= 15 is 0 Å². The molecule has 0 heterocycles. The predicted octanol–water partition coefficient (Wildman–Crippen LogP) is 2.02. The number of carbonyl (C=O) groups excluding carboxylic acids is 1. The lowest BCUT2D eigenvalue weighted by Crippen LogP contribution is -2.17. The van der Waals surface area contributed by atoms with Gasteiger partial charge in [0.25, 0.3) is 5.91 Å². The molecule has 0 bridgehead atoms. The van der Waals surface area contributed by atoms with Crippen LogP contribution >= 0.6 is 11.6 Å². The van der Waals surface area contributed by atoms with Crippen molar-refractivity contribution in [3.05, 3.63) is 35.0 Å². The number of nitrogen functional groups attached to an aromatic ring is 1. The van der Waals surface area contributed by atoms with Crippen molar-refractivity contribution >= 4 is 28.9 Å². The van der Waals surface area contributed by atoms with Gasteiger partial charge in [-0.05, 0) is 31.0 Å². The van der Waals surface area contributed by atoms with E-state index in [2.05, 4.69) is 10.6 Å². The normalized spacial score (nSPS) is 14.6. The number of rotatable bonds is 4. The summed E-state index contributed by atoms with van der Waals surface area (Å²) < 4.78 is 0. The summed E-state index contributed by atoms with van der Waals surface area (Å²) in [7, 11) is 0. The Hall–Kier alpha value is -2.19. The minimum Gasteiger partial charge on any atom is -0.399 e. The SMILES string of the molecule is N#C/C(=C/NC1CC1)C(=O)Nc1ccc(N)cc1Cl. The average Bonchev–Trinajstić information content (AvgIpc) is 3.17. The van der Waals surface area contributed by atoms with Crippen LogP contribution in [0.2, 0.25) is 5.02 Å². The zero-order valence-electron chi connectivity index (χ0n) is 10.1. The number of hydrogen-bond donors (Lipinski definition) is 3. The molecule has 0 unspecified atom stereocenters. The van der Waals surface area contributed by atoms with E-state index in [0.717, 1.165) is 12.8 Å². The predicted molar refractivity (Wildman–Crippen MR) is 74.3 cm³/mol. The highest BCUT2D eigenvalue weighted by atomic mass is 35.5. The fourth-order valence-corrected chi connectivity index (χ4v) is 1.66. The third kappa shape index (κ3) is 3.63. The van der Waals surface area contributed by atoms with Gasteiger partial charge in [-0.3, -0.25) is 4.79 Å². The third-order valence-electron chi connectivity index (χ3n) is 2.65. The Morgan fingerprint density at radius 2 is 2.26 bits per heavy atom. The Labute approximate surface area is 116 Å². The van der Waals surface area contributed by atoms with E-state index in [1.807, 2.05) is 6.07 Å². The first-order valence-corrected chi connectivity index (χ1v) is 6.20. The fourth-order valence-electron chi connectivity index (χ4n) is 1.42. The number of hydrogen-bond acceptors (Lipinski definition) is 4. The number of nitrogens with one attached hydrogen (secondary N) is 2. The van der Waals surface area contributed by atoms with E-state index in [4.69, 9.17) is 22.6 Å². The summed E-state index contributed by atoms with van der Waals surface area (Å²) in [4.78, 5) is 11.9. The van der Waals surface area contributed by atoms with Crippen molar-refractivity contribution in [3.8, 4) is 6.07 Å². The Kier molecular flexibility index (Phi) is 3.93. The minimum atomic E-state index is -0.498. The molecule has 1 saturated carbocycles. The van der Waals surface area contributed by atoms with Gasteiger partial charge in [0.05, 0.1) is 10.7 Å². The van der Waals surface area contributed by atoms with E-state index < -0.39 is 5.91 Å². The summed E-state index contributed by atoms with van der Waals surface area (Å²) >= 11 is 5.95. The van der Waals surface area contributed by atoms with E-state index in [-0.39, 0.29) is 5.57 Å². The first-order chi connectivity index (χ1) is 9.10. The van der Waals surface area contributed by atoms with Crippen molar-refractivity contribution in [3.63, 3.8) is 0 Å². The minimum absolute atomic E-state index is 0.0137. The summed E-state index contributed by atoms with van der Waals surface area (Å²) in [5.74, 6) is -0.498. The summed E-state index contributed by atoms with van der Waals surface area (Å²) in [6, 6.07) is 7.00. The van der Waals surface area contributed by atoms with Crippen LogP contribution < -0.4 is 16.4 Å². The number of carbonyl (C=O) groups is 1. The summed E-state index contributed by atoms with van der Waals surface area (Å²) in [6.07, 6.45) is 3.58. The topological polar surface area (TPSA) is 90.9 Å². The molecule has 0 aromatic heterocycles. The van der Waals surface area contributed by atoms with Crippen LogP contribution in [0.3, 0.4) is 0 Å². The highest BCUT2D eigenvalue weighted by Gasteiger charge is 2.20. The monoisotopic (exact) mass is 276 g/mol. The molecule has 5 nitrogen and oxygen atoms in total. The molecule has 4 N–H and O–H groups in total. The maximum atomic E-state index is 11.9. The molecule has 1 aliphatic carbocycles. The Morgan fingerprint density at radius 1 is 1.53 bits per heavy atom. The molecular formula is C13H13ClN4O. The molecule has 0 saturated heterocycles. The third-order valence-corrected chi connectivity index (χ3v) is 2.96. The highest BCUT2D eigenvalue weighted by molar-refractivity contribution is 6.34. The molecule has 1 aromatic carbocycles. The van der Waals surface area contributed by atoms with Crippen LogP contribution in [0.4, 0.5) is 11.4 Å². The number of nitriles is 1. The van der Waals surface area contributed by atoms with Crippen molar-refractivity contribution in [1.82, 2.24) is 5.32 Å².